The minimum absolute atomic E-state index is 0.119. The van der Waals surface area contributed by atoms with Gasteiger partial charge in [0.05, 0.1) is 19.4 Å². The second-order valence-corrected chi connectivity index (χ2v) is 6.04. The molecule has 1 aromatic heterocycles. The fraction of sp³-hybridized carbons (Fsp3) is 0.750. The number of hydrogen-bond acceptors (Lipinski definition) is 4. The van der Waals surface area contributed by atoms with Crippen molar-refractivity contribution in [1.82, 2.24) is 10.2 Å². The number of nitrogens with one attached hydrogen (secondary N) is 1. The number of likely N-dealkylation sites (N-methyl/N-ethyl adjacent to an activating group) is 1. The molecule has 0 unspecified atom stereocenters. The molecule has 116 valence electrons. The van der Waals surface area contributed by atoms with Crippen molar-refractivity contribution in [3.05, 3.63) is 23.7 Å². The second-order valence-electron chi connectivity index (χ2n) is 6.04. The lowest BCUT2D eigenvalue weighted by Crippen LogP contribution is -2.35. The number of nitrogens with zero attached hydrogens (tertiary/aromatic N) is 1. The molecule has 0 fully saturated rings. The van der Waals surface area contributed by atoms with Crippen molar-refractivity contribution in [3.8, 4) is 0 Å². The van der Waals surface area contributed by atoms with Crippen LogP contribution < -0.4 is 5.32 Å². The maximum atomic E-state index is 5.65. The van der Waals surface area contributed by atoms with E-state index in [1.165, 1.54) is 5.56 Å². The summed E-state index contributed by atoms with van der Waals surface area (Å²) >= 11 is 0. The standard InChI is InChI=1S/C16H30N2O2/c1-6-18(9-11-19-7-2)13-15-14(8-10-20-15)12-17-16(3,4)5/h8,10,17H,6-7,9,11-13H2,1-5H3. The van der Waals surface area contributed by atoms with Gasteiger partial charge in [0.1, 0.15) is 5.76 Å². The maximum Gasteiger partial charge on any atom is 0.122 e. The van der Waals surface area contributed by atoms with E-state index < -0.39 is 0 Å². The number of hydrogen-bond donors (Lipinski definition) is 1. The third kappa shape index (κ3) is 6.55. The molecule has 0 atom stereocenters. The van der Waals surface area contributed by atoms with Gasteiger partial charge in [-0.25, -0.2) is 0 Å². The Bertz CT molecular complexity index is 369. The van der Waals surface area contributed by atoms with Gasteiger partial charge in [0.15, 0.2) is 0 Å². The van der Waals surface area contributed by atoms with Gasteiger partial charge in [-0.3, -0.25) is 4.90 Å². The quantitative estimate of drug-likeness (QED) is 0.707. The largest absolute Gasteiger partial charge is 0.468 e. The predicted molar refractivity (Wildman–Crippen MR) is 82.7 cm³/mol. The molecule has 4 heteroatoms. The van der Waals surface area contributed by atoms with Gasteiger partial charge in [-0.05, 0) is 40.3 Å². The van der Waals surface area contributed by atoms with E-state index in [4.69, 9.17) is 9.15 Å². The zero-order valence-electron chi connectivity index (χ0n) is 13.7. The second kappa shape index (κ2) is 8.45. The van der Waals surface area contributed by atoms with Crippen molar-refractivity contribution < 1.29 is 9.15 Å². The predicted octanol–water partition coefficient (Wildman–Crippen LogP) is 3.03. The first-order valence-corrected chi connectivity index (χ1v) is 7.56. The summed E-state index contributed by atoms with van der Waals surface area (Å²) in [7, 11) is 0. The monoisotopic (exact) mass is 282 g/mol. The summed E-state index contributed by atoms with van der Waals surface area (Å²) in [6, 6.07) is 2.06. The average Bonchev–Trinajstić information content (AvgIpc) is 2.82. The molecule has 0 aliphatic heterocycles. The molecule has 1 aromatic rings. The Morgan fingerprint density at radius 3 is 2.65 bits per heavy atom. The lowest BCUT2D eigenvalue weighted by molar-refractivity contribution is 0.110. The van der Waals surface area contributed by atoms with Gasteiger partial charge in [-0.15, -0.1) is 0 Å². The lowest BCUT2D eigenvalue weighted by atomic mass is 10.1. The van der Waals surface area contributed by atoms with Crippen LogP contribution in [0.25, 0.3) is 0 Å². The first kappa shape index (κ1) is 17.2. The highest BCUT2D eigenvalue weighted by molar-refractivity contribution is 5.17. The van der Waals surface area contributed by atoms with E-state index in [-0.39, 0.29) is 5.54 Å². The molecule has 20 heavy (non-hydrogen) atoms. The van der Waals surface area contributed by atoms with Crippen molar-refractivity contribution in [3.63, 3.8) is 0 Å². The SMILES string of the molecule is CCOCCN(CC)Cc1occc1CNC(C)(C)C. The molecule has 1 rings (SSSR count). The van der Waals surface area contributed by atoms with Crippen LogP contribution in [0.2, 0.25) is 0 Å². The molecule has 0 saturated heterocycles. The molecule has 4 nitrogen and oxygen atoms in total. The van der Waals surface area contributed by atoms with Gasteiger partial charge < -0.3 is 14.5 Å². The Balaban J connectivity index is 2.51. The van der Waals surface area contributed by atoms with Crippen LogP contribution in [0.15, 0.2) is 16.7 Å². The minimum Gasteiger partial charge on any atom is -0.468 e. The van der Waals surface area contributed by atoms with Gasteiger partial charge in [0.2, 0.25) is 0 Å². The Hall–Kier alpha value is -0.840. The summed E-state index contributed by atoms with van der Waals surface area (Å²) in [4.78, 5) is 2.34. The molecule has 0 radical (unpaired) electrons. The molecular weight excluding hydrogens is 252 g/mol. The zero-order valence-corrected chi connectivity index (χ0v) is 13.7. The molecule has 0 aromatic carbocycles. The van der Waals surface area contributed by atoms with E-state index >= 15 is 0 Å². The Morgan fingerprint density at radius 1 is 1.30 bits per heavy atom. The molecule has 0 amide bonds. The highest BCUT2D eigenvalue weighted by atomic mass is 16.5. The highest BCUT2D eigenvalue weighted by Crippen LogP contribution is 2.14. The molecule has 0 saturated carbocycles. The van der Waals surface area contributed by atoms with Gasteiger partial charge in [0, 0.05) is 30.8 Å². The van der Waals surface area contributed by atoms with Crippen LogP contribution in [0.4, 0.5) is 0 Å². The number of rotatable bonds is 9. The summed E-state index contributed by atoms with van der Waals surface area (Å²) in [5.74, 6) is 1.06. The first-order valence-electron chi connectivity index (χ1n) is 7.56. The average molecular weight is 282 g/mol. The van der Waals surface area contributed by atoms with Crippen LogP contribution >= 0.6 is 0 Å². The Labute approximate surface area is 123 Å². The van der Waals surface area contributed by atoms with Crippen LogP contribution in [-0.2, 0) is 17.8 Å². The van der Waals surface area contributed by atoms with Crippen molar-refractivity contribution >= 4 is 0 Å². The van der Waals surface area contributed by atoms with Crippen LogP contribution in [0.1, 0.15) is 45.9 Å². The maximum absolute atomic E-state index is 5.65. The van der Waals surface area contributed by atoms with E-state index in [1.54, 1.807) is 6.26 Å². The minimum atomic E-state index is 0.119. The number of furan rings is 1. The van der Waals surface area contributed by atoms with Gasteiger partial charge in [-0.1, -0.05) is 6.92 Å². The Morgan fingerprint density at radius 2 is 2.05 bits per heavy atom. The van der Waals surface area contributed by atoms with E-state index in [2.05, 4.69) is 44.0 Å². The van der Waals surface area contributed by atoms with Gasteiger partial charge >= 0.3 is 0 Å². The van der Waals surface area contributed by atoms with Crippen molar-refractivity contribution in [2.24, 2.45) is 0 Å². The number of ether oxygens (including phenoxy) is 1. The molecule has 0 aliphatic rings. The summed E-state index contributed by atoms with van der Waals surface area (Å²) in [6.07, 6.45) is 1.78. The molecule has 0 aliphatic carbocycles. The molecule has 0 bridgehead atoms. The van der Waals surface area contributed by atoms with Gasteiger partial charge in [0.25, 0.3) is 0 Å². The lowest BCUT2D eigenvalue weighted by Gasteiger charge is -2.22. The van der Waals surface area contributed by atoms with Crippen LogP contribution in [-0.4, -0.2) is 36.7 Å². The van der Waals surface area contributed by atoms with E-state index in [0.29, 0.717) is 0 Å². The molecule has 1 N–H and O–H groups in total. The normalized spacial score (nSPS) is 12.3. The highest BCUT2D eigenvalue weighted by Gasteiger charge is 2.14. The van der Waals surface area contributed by atoms with Crippen molar-refractivity contribution in [2.75, 3.05) is 26.3 Å². The van der Waals surface area contributed by atoms with Crippen LogP contribution in [0.5, 0.6) is 0 Å². The summed E-state index contributed by atoms with van der Waals surface area (Å²) in [5, 5.41) is 3.51. The molecule has 0 spiro atoms. The van der Waals surface area contributed by atoms with Crippen LogP contribution in [0.3, 0.4) is 0 Å². The fourth-order valence-electron chi connectivity index (χ4n) is 1.91. The van der Waals surface area contributed by atoms with Crippen molar-refractivity contribution in [1.29, 1.82) is 0 Å². The Kier molecular flexibility index (Phi) is 7.27. The van der Waals surface area contributed by atoms with Crippen molar-refractivity contribution in [2.45, 2.75) is 53.2 Å². The summed E-state index contributed by atoms with van der Waals surface area (Å²) < 4.78 is 11.1. The van der Waals surface area contributed by atoms with E-state index in [0.717, 1.165) is 45.2 Å². The molecular formula is C16H30N2O2. The van der Waals surface area contributed by atoms with Gasteiger partial charge in [-0.2, -0.15) is 0 Å². The zero-order chi connectivity index (χ0) is 15.0. The third-order valence-electron chi connectivity index (χ3n) is 3.22. The van der Waals surface area contributed by atoms with Crippen LogP contribution in [0, 0.1) is 0 Å². The third-order valence-corrected chi connectivity index (χ3v) is 3.22. The fourth-order valence-corrected chi connectivity index (χ4v) is 1.91. The topological polar surface area (TPSA) is 37.6 Å². The summed E-state index contributed by atoms with van der Waals surface area (Å²) in [6.45, 7) is 15.9. The molecule has 1 heterocycles. The first-order chi connectivity index (χ1) is 9.46. The van der Waals surface area contributed by atoms with E-state index in [1.807, 2.05) is 6.92 Å². The smallest absolute Gasteiger partial charge is 0.122 e. The summed E-state index contributed by atoms with van der Waals surface area (Å²) in [5.41, 5.74) is 1.36. The van der Waals surface area contributed by atoms with E-state index in [9.17, 15) is 0 Å².